The maximum Gasteiger partial charge on any atom is -0.0345 e. The molecule has 0 radical (unpaired) electrons. The van der Waals surface area contributed by atoms with Gasteiger partial charge in [-0.05, 0) is 39.5 Å². The third kappa shape index (κ3) is 7.38. The van der Waals surface area contributed by atoms with E-state index in [2.05, 4.69) is 39.0 Å². The number of allylic oxidation sites excluding steroid dienone is 4. The lowest BCUT2D eigenvalue weighted by atomic mass is 10.1. The van der Waals surface area contributed by atoms with Gasteiger partial charge in [-0.15, -0.1) is 0 Å². The van der Waals surface area contributed by atoms with Gasteiger partial charge in [0.2, 0.25) is 0 Å². The Morgan fingerprint density at radius 1 is 1.27 bits per heavy atom. The first-order valence-corrected chi connectivity index (χ1v) is 4.58. The van der Waals surface area contributed by atoms with Crippen molar-refractivity contribution in [2.24, 2.45) is 0 Å². The van der Waals surface area contributed by atoms with E-state index in [9.17, 15) is 0 Å². The minimum atomic E-state index is 1.20. The van der Waals surface area contributed by atoms with Crippen molar-refractivity contribution in [2.45, 2.75) is 46.5 Å². The molecule has 0 heterocycles. The molecule has 64 valence electrons. The van der Waals surface area contributed by atoms with Crippen molar-refractivity contribution in [3.63, 3.8) is 0 Å². The molecule has 0 bridgehead atoms. The Bertz CT molecular complexity index is 129. The molecule has 0 rings (SSSR count). The molecule has 0 aromatic heterocycles. The van der Waals surface area contributed by atoms with Gasteiger partial charge in [0, 0.05) is 0 Å². The normalized spacial score (nSPS) is 12.8. The van der Waals surface area contributed by atoms with Crippen molar-refractivity contribution in [1.29, 1.82) is 0 Å². The summed E-state index contributed by atoms with van der Waals surface area (Å²) in [5.74, 6) is 0. The lowest BCUT2D eigenvalue weighted by Gasteiger charge is -1.94. The van der Waals surface area contributed by atoms with Crippen LogP contribution < -0.4 is 0 Å². The summed E-state index contributed by atoms with van der Waals surface area (Å²) in [5.41, 5.74) is 1.52. The minimum Gasteiger partial charge on any atom is -0.0917 e. The van der Waals surface area contributed by atoms with Crippen LogP contribution in [-0.4, -0.2) is 0 Å². The average Bonchev–Trinajstić information content (AvgIpc) is 2.04. The van der Waals surface area contributed by atoms with Crippen LogP contribution in [0.1, 0.15) is 46.5 Å². The molecule has 0 amide bonds. The summed E-state index contributed by atoms with van der Waals surface area (Å²) >= 11 is 0. The molecule has 0 aromatic carbocycles. The Kier molecular flexibility index (Phi) is 7.23. The lowest BCUT2D eigenvalue weighted by Crippen LogP contribution is -1.73. The molecule has 0 aliphatic rings. The van der Waals surface area contributed by atoms with E-state index >= 15 is 0 Å². The van der Waals surface area contributed by atoms with Crippen LogP contribution in [0.15, 0.2) is 23.8 Å². The molecule has 0 unspecified atom stereocenters. The fourth-order valence-electron chi connectivity index (χ4n) is 0.895. The van der Waals surface area contributed by atoms with E-state index in [1.807, 2.05) is 0 Å². The van der Waals surface area contributed by atoms with Crippen LogP contribution in [0.5, 0.6) is 0 Å². The van der Waals surface area contributed by atoms with E-state index < -0.39 is 0 Å². The Morgan fingerprint density at radius 3 is 2.55 bits per heavy atom. The molecule has 0 fully saturated rings. The fraction of sp³-hybridized carbons (Fsp3) is 0.636. The second-order valence-electron chi connectivity index (χ2n) is 2.90. The van der Waals surface area contributed by atoms with Gasteiger partial charge in [0.1, 0.15) is 0 Å². The third-order valence-electron chi connectivity index (χ3n) is 1.86. The van der Waals surface area contributed by atoms with Crippen LogP contribution in [0.25, 0.3) is 0 Å². The van der Waals surface area contributed by atoms with Crippen molar-refractivity contribution in [1.82, 2.24) is 0 Å². The lowest BCUT2D eigenvalue weighted by molar-refractivity contribution is 0.856. The molecular weight excluding hydrogens is 132 g/mol. The topological polar surface area (TPSA) is 0 Å². The standard InChI is InChI=1S/C11H20/c1-4-6-7-8-9-10-11(3)5-2/h4,6,10H,5,7-9H2,1-3H3. The Labute approximate surface area is 71.0 Å². The van der Waals surface area contributed by atoms with Crippen LogP contribution in [0.4, 0.5) is 0 Å². The molecule has 0 aliphatic carbocycles. The Morgan fingerprint density at radius 2 is 2.00 bits per heavy atom. The van der Waals surface area contributed by atoms with Gasteiger partial charge >= 0.3 is 0 Å². The van der Waals surface area contributed by atoms with E-state index in [1.54, 1.807) is 0 Å². The smallest absolute Gasteiger partial charge is 0.0345 e. The maximum atomic E-state index is 2.35. The fourth-order valence-corrected chi connectivity index (χ4v) is 0.895. The van der Waals surface area contributed by atoms with Crippen LogP contribution in [0.2, 0.25) is 0 Å². The van der Waals surface area contributed by atoms with Gasteiger partial charge in [-0.3, -0.25) is 0 Å². The van der Waals surface area contributed by atoms with Crippen molar-refractivity contribution < 1.29 is 0 Å². The highest BCUT2D eigenvalue weighted by Crippen LogP contribution is 2.04. The highest BCUT2D eigenvalue weighted by molar-refractivity contribution is 4.96. The van der Waals surface area contributed by atoms with Crippen molar-refractivity contribution >= 4 is 0 Å². The summed E-state index contributed by atoms with van der Waals surface area (Å²) in [6.07, 6.45) is 11.7. The zero-order valence-corrected chi connectivity index (χ0v) is 8.06. The van der Waals surface area contributed by atoms with Gasteiger partial charge in [0.25, 0.3) is 0 Å². The zero-order chi connectivity index (χ0) is 8.53. The molecule has 0 aromatic rings. The third-order valence-corrected chi connectivity index (χ3v) is 1.86. The number of unbranched alkanes of at least 4 members (excludes halogenated alkanes) is 2. The van der Waals surface area contributed by atoms with Gasteiger partial charge in [0.15, 0.2) is 0 Å². The number of hydrogen-bond acceptors (Lipinski definition) is 0. The predicted octanol–water partition coefficient (Wildman–Crippen LogP) is 4.09. The largest absolute Gasteiger partial charge is 0.0917 e. The highest BCUT2D eigenvalue weighted by Gasteiger charge is 1.83. The quantitative estimate of drug-likeness (QED) is 0.411. The first-order valence-electron chi connectivity index (χ1n) is 4.58. The molecule has 11 heavy (non-hydrogen) atoms. The Hall–Kier alpha value is -0.520. The molecule has 0 saturated heterocycles. The van der Waals surface area contributed by atoms with Crippen molar-refractivity contribution in [3.8, 4) is 0 Å². The van der Waals surface area contributed by atoms with E-state index in [4.69, 9.17) is 0 Å². The van der Waals surface area contributed by atoms with E-state index in [0.29, 0.717) is 0 Å². The van der Waals surface area contributed by atoms with Crippen LogP contribution in [0.3, 0.4) is 0 Å². The minimum absolute atomic E-state index is 1.20. The first-order chi connectivity index (χ1) is 5.31. The van der Waals surface area contributed by atoms with Gasteiger partial charge in [-0.1, -0.05) is 30.7 Å². The van der Waals surface area contributed by atoms with Crippen molar-refractivity contribution in [3.05, 3.63) is 23.8 Å². The molecule has 0 saturated carbocycles. The second kappa shape index (κ2) is 7.59. The molecule has 0 nitrogen and oxygen atoms in total. The second-order valence-corrected chi connectivity index (χ2v) is 2.90. The maximum absolute atomic E-state index is 2.35. The molecule has 0 atom stereocenters. The van der Waals surface area contributed by atoms with Gasteiger partial charge in [0.05, 0.1) is 0 Å². The highest BCUT2D eigenvalue weighted by atomic mass is 13.9. The van der Waals surface area contributed by atoms with Gasteiger partial charge in [-0.2, -0.15) is 0 Å². The summed E-state index contributed by atoms with van der Waals surface area (Å²) in [4.78, 5) is 0. The first kappa shape index (κ1) is 10.5. The summed E-state index contributed by atoms with van der Waals surface area (Å²) < 4.78 is 0. The summed E-state index contributed by atoms with van der Waals surface area (Å²) in [7, 11) is 0. The summed E-state index contributed by atoms with van der Waals surface area (Å²) in [6.45, 7) is 6.49. The van der Waals surface area contributed by atoms with E-state index in [1.165, 1.54) is 31.3 Å². The van der Waals surface area contributed by atoms with E-state index in [-0.39, 0.29) is 0 Å². The summed E-state index contributed by atoms with van der Waals surface area (Å²) in [5, 5.41) is 0. The predicted molar refractivity (Wildman–Crippen MR) is 52.7 cm³/mol. The SMILES string of the molecule is CC=CCCCC=C(C)CC. The van der Waals surface area contributed by atoms with E-state index in [0.717, 1.165) is 0 Å². The summed E-state index contributed by atoms with van der Waals surface area (Å²) in [6, 6.07) is 0. The Balaban J connectivity index is 3.26. The monoisotopic (exact) mass is 152 g/mol. The number of hydrogen-bond donors (Lipinski definition) is 0. The van der Waals surface area contributed by atoms with Gasteiger partial charge < -0.3 is 0 Å². The van der Waals surface area contributed by atoms with Crippen LogP contribution in [-0.2, 0) is 0 Å². The average molecular weight is 152 g/mol. The van der Waals surface area contributed by atoms with Crippen LogP contribution >= 0.6 is 0 Å². The van der Waals surface area contributed by atoms with Crippen LogP contribution in [0, 0.1) is 0 Å². The zero-order valence-electron chi connectivity index (χ0n) is 8.06. The molecule has 0 N–H and O–H groups in total. The van der Waals surface area contributed by atoms with Gasteiger partial charge in [-0.25, -0.2) is 0 Å². The van der Waals surface area contributed by atoms with Crippen molar-refractivity contribution in [2.75, 3.05) is 0 Å². The molecule has 0 heteroatoms. The molecular formula is C11H20. The molecule has 0 aliphatic heterocycles. The number of rotatable bonds is 5. The molecule has 0 spiro atoms.